The summed E-state index contributed by atoms with van der Waals surface area (Å²) in [6, 6.07) is 20.7. The van der Waals surface area contributed by atoms with Crippen molar-refractivity contribution < 1.29 is 27.8 Å². The largest absolute Gasteiger partial charge is 0.489 e. The number of halogens is 3. The smallest absolute Gasteiger partial charge is 0.416 e. The third-order valence-electron chi connectivity index (χ3n) is 4.18. The minimum Gasteiger partial charge on any atom is -0.489 e. The Morgan fingerprint density at radius 3 is 2.00 bits per heavy atom. The lowest BCUT2D eigenvalue weighted by Crippen LogP contribution is -2.32. The van der Waals surface area contributed by atoms with Crippen LogP contribution in [0.25, 0.3) is 0 Å². The lowest BCUT2D eigenvalue weighted by atomic mass is 10.1. The summed E-state index contributed by atoms with van der Waals surface area (Å²) >= 11 is 0. The molecule has 164 valence electrons. The van der Waals surface area contributed by atoms with Crippen molar-refractivity contribution in [1.29, 1.82) is 0 Å². The van der Waals surface area contributed by atoms with Crippen LogP contribution in [0.4, 0.5) is 18.9 Å². The summed E-state index contributed by atoms with van der Waals surface area (Å²) in [4.78, 5) is 10.7. The number of nitrogens with two attached hydrogens (primary N) is 2. The highest BCUT2D eigenvalue weighted by Gasteiger charge is 2.29. The van der Waals surface area contributed by atoms with Crippen LogP contribution in [-0.2, 0) is 24.0 Å². The number of carboxylic acid groups (broad SMARTS) is 1. The van der Waals surface area contributed by atoms with Gasteiger partial charge in [0, 0.05) is 5.69 Å². The van der Waals surface area contributed by atoms with E-state index in [4.69, 9.17) is 21.3 Å². The van der Waals surface area contributed by atoms with E-state index < -0.39 is 23.8 Å². The van der Waals surface area contributed by atoms with Gasteiger partial charge in [0.2, 0.25) is 0 Å². The Morgan fingerprint density at radius 2 is 1.48 bits per heavy atom. The molecule has 0 aliphatic heterocycles. The Hall–Kier alpha value is -3.52. The van der Waals surface area contributed by atoms with Crippen molar-refractivity contribution >= 4 is 11.7 Å². The molecule has 31 heavy (non-hydrogen) atoms. The Morgan fingerprint density at radius 1 is 0.903 bits per heavy atom. The second-order valence-corrected chi connectivity index (χ2v) is 6.69. The van der Waals surface area contributed by atoms with Gasteiger partial charge in [0.25, 0.3) is 0 Å². The number of anilines is 1. The van der Waals surface area contributed by atoms with Gasteiger partial charge in [-0.2, -0.15) is 13.2 Å². The van der Waals surface area contributed by atoms with Gasteiger partial charge < -0.3 is 21.3 Å². The van der Waals surface area contributed by atoms with Crippen molar-refractivity contribution in [3.05, 3.63) is 95.6 Å². The molecule has 5 nitrogen and oxygen atoms in total. The topological polar surface area (TPSA) is 98.6 Å². The van der Waals surface area contributed by atoms with E-state index in [2.05, 4.69) is 0 Å². The molecule has 0 fully saturated rings. The van der Waals surface area contributed by atoms with Gasteiger partial charge in [0.15, 0.2) is 0 Å². The molecule has 3 aromatic carbocycles. The Balaban J connectivity index is 0.000000262. The number of alkyl halides is 3. The lowest BCUT2D eigenvalue weighted by Gasteiger charge is -2.09. The second-order valence-electron chi connectivity index (χ2n) is 6.69. The third kappa shape index (κ3) is 8.39. The minimum atomic E-state index is -4.27. The fourth-order valence-electron chi connectivity index (χ4n) is 2.48. The van der Waals surface area contributed by atoms with Crippen LogP contribution in [0.15, 0.2) is 78.9 Å². The lowest BCUT2D eigenvalue weighted by molar-refractivity contribution is -0.139. The van der Waals surface area contributed by atoms with Crippen molar-refractivity contribution in [2.45, 2.75) is 25.2 Å². The molecule has 5 N–H and O–H groups in total. The molecule has 0 aliphatic carbocycles. The number of hydrogen-bond acceptors (Lipinski definition) is 4. The standard InChI is InChI=1S/C16H17NO3.C7H6F3N/c17-15(16(18)19)10-12-6-8-14(9-7-12)20-11-13-4-2-1-3-5-13;8-7(9,10)5-1-3-6(11)4-2-5/h1-9,15H,10-11,17H2,(H,18,19);1-4H,11H2/t15-;/m0./s1. The maximum atomic E-state index is 11.9. The van der Waals surface area contributed by atoms with Crippen LogP contribution < -0.4 is 16.2 Å². The van der Waals surface area contributed by atoms with Crippen molar-refractivity contribution in [3.63, 3.8) is 0 Å². The number of carboxylic acids is 1. The van der Waals surface area contributed by atoms with Gasteiger partial charge in [-0.05, 0) is 53.9 Å². The SMILES string of the molecule is N[C@@H](Cc1ccc(OCc2ccccc2)cc1)C(=O)O.Nc1ccc(C(F)(F)F)cc1. The number of aliphatic carboxylic acids is 1. The maximum Gasteiger partial charge on any atom is 0.416 e. The summed E-state index contributed by atoms with van der Waals surface area (Å²) in [6.45, 7) is 0.509. The van der Waals surface area contributed by atoms with Gasteiger partial charge in [-0.3, -0.25) is 4.79 Å². The fraction of sp³-hybridized carbons (Fsp3) is 0.174. The molecular formula is C23H23F3N2O3. The van der Waals surface area contributed by atoms with Crippen LogP contribution >= 0.6 is 0 Å². The Kier molecular flexibility index (Phi) is 8.45. The van der Waals surface area contributed by atoms with Crippen LogP contribution in [0.2, 0.25) is 0 Å². The first-order chi connectivity index (χ1) is 14.6. The number of hydrogen-bond donors (Lipinski definition) is 3. The fourth-order valence-corrected chi connectivity index (χ4v) is 2.48. The van der Waals surface area contributed by atoms with Gasteiger partial charge >= 0.3 is 12.1 Å². The van der Waals surface area contributed by atoms with Gasteiger partial charge in [0.05, 0.1) is 5.56 Å². The van der Waals surface area contributed by atoms with Crippen LogP contribution in [0.3, 0.4) is 0 Å². The molecule has 0 aromatic heterocycles. The second kappa shape index (κ2) is 11.0. The summed E-state index contributed by atoms with van der Waals surface area (Å²) in [5.41, 5.74) is 12.3. The Bertz CT molecular complexity index is 945. The van der Waals surface area contributed by atoms with Crippen molar-refractivity contribution in [2.75, 3.05) is 5.73 Å². The van der Waals surface area contributed by atoms with Gasteiger partial charge in [-0.25, -0.2) is 0 Å². The number of rotatable bonds is 6. The molecule has 0 saturated heterocycles. The van der Waals surface area contributed by atoms with Crippen molar-refractivity contribution in [2.24, 2.45) is 5.73 Å². The molecule has 0 heterocycles. The maximum absolute atomic E-state index is 11.9. The molecule has 8 heteroatoms. The molecule has 0 aliphatic rings. The quantitative estimate of drug-likeness (QED) is 0.498. The van der Waals surface area contributed by atoms with E-state index in [0.717, 1.165) is 29.0 Å². The van der Waals surface area contributed by atoms with Crippen LogP contribution in [-0.4, -0.2) is 17.1 Å². The van der Waals surface area contributed by atoms with Gasteiger partial charge in [-0.15, -0.1) is 0 Å². The molecule has 0 unspecified atom stereocenters. The predicted octanol–water partition coefficient (Wildman–Crippen LogP) is 4.51. The van der Waals surface area contributed by atoms with E-state index in [0.29, 0.717) is 18.7 Å². The van der Waals surface area contributed by atoms with E-state index in [1.807, 2.05) is 54.6 Å². The molecular weight excluding hydrogens is 409 g/mol. The summed E-state index contributed by atoms with van der Waals surface area (Å²) in [7, 11) is 0. The van der Waals surface area contributed by atoms with Crippen molar-refractivity contribution in [3.8, 4) is 5.75 Å². The minimum absolute atomic E-state index is 0.314. The molecule has 3 aromatic rings. The highest BCUT2D eigenvalue weighted by Crippen LogP contribution is 2.29. The predicted molar refractivity (Wildman–Crippen MR) is 112 cm³/mol. The zero-order chi connectivity index (χ0) is 22.9. The zero-order valence-electron chi connectivity index (χ0n) is 16.5. The van der Waals surface area contributed by atoms with E-state index in [-0.39, 0.29) is 0 Å². The first-order valence-electron chi connectivity index (χ1n) is 9.32. The van der Waals surface area contributed by atoms with E-state index >= 15 is 0 Å². The summed E-state index contributed by atoms with van der Waals surface area (Å²) in [5.74, 6) is -0.240. The van der Waals surface area contributed by atoms with E-state index in [1.165, 1.54) is 12.1 Å². The molecule has 0 radical (unpaired) electrons. The molecule has 0 saturated carbocycles. The van der Waals surface area contributed by atoms with Gasteiger partial charge in [0.1, 0.15) is 18.4 Å². The van der Waals surface area contributed by atoms with E-state index in [9.17, 15) is 18.0 Å². The van der Waals surface area contributed by atoms with Crippen molar-refractivity contribution in [1.82, 2.24) is 0 Å². The first kappa shape index (κ1) is 23.8. The van der Waals surface area contributed by atoms with Crippen LogP contribution in [0, 0.1) is 0 Å². The molecule has 0 amide bonds. The monoisotopic (exact) mass is 432 g/mol. The molecule has 3 rings (SSSR count). The average Bonchev–Trinajstić information content (AvgIpc) is 2.74. The molecule has 0 bridgehead atoms. The summed E-state index contributed by atoms with van der Waals surface area (Å²) in [6.07, 6.45) is -3.96. The zero-order valence-corrected chi connectivity index (χ0v) is 16.5. The number of benzene rings is 3. The number of carbonyl (C=O) groups is 1. The number of nitrogen functional groups attached to an aromatic ring is 1. The highest BCUT2D eigenvalue weighted by atomic mass is 19.4. The summed E-state index contributed by atoms with van der Waals surface area (Å²) in [5, 5.41) is 8.76. The van der Waals surface area contributed by atoms with E-state index in [1.54, 1.807) is 0 Å². The van der Waals surface area contributed by atoms with Gasteiger partial charge in [-0.1, -0.05) is 42.5 Å². The highest BCUT2D eigenvalue weighted by molar-refractivity contribution is 5.73. The van der Waals surface area contributed by atoms with Crippen LogP contribution in [0.1, 0.15) is 16.7 Å². The third-order valence-corrected chi connectivity index (χ3v) is 4.18. The molecule has 1 atom stereocenters. The first-order valence-corrected chi connectivity index (χ1v) is 9.32. The number of ether oxygens (including phenoxy) is 1. The summed E-state index contributed by atoms with van der Waals surface area (Å²) < 4.78 is 41.3. The normalized spacial score (nSPS) is 11.7. The van der Waals surface area contributed by atoms with Crippen LogP contribution in [0.5, 0.6) is 5.75 Å². The Labute approximate surface area is 178 Å². The molecule has 0 spiro atoms. The average molecular weight is 432 g/mol.